The van der Waals surface area contributed by atoms with Crippen molar-refractivity contribution in [1.82, 2.24) is 4.98 Å². The molecule has 88 valence electrons. The molecular formula is C10H7Cl2NO3P+. The molecule has 0 fully saturated rings. The maximum atomic E-state index is 11.7. The summed E-state index contributed by atoms with van der Waals surface area (Å²) in [5.41, 5.74) is 0.0227. The molecule has 0 aliphatic carbocycles. The number of halogens is 2. The van der Waals surface area contributed by atoms with Gasteiger partial charge in [0, 0.05) is 16.5 Å². The fourth-order valence-electron chi connectivity index (χ4n) is 1.46. The number of fused-ring (bicyclic) bond motifs is 1. The van der Waals surface area contributed by atoms with Crippen LogP contribution in [0.25, 0.3) is 10.9 Å². The van der Waals surface area contributed by atoms with Gasteiger partial charge in [-0.25, -0.2) is 0 Å². The van der Waals surface area contributed by atoms with E-state index in [2.05, 4.69) is 9.51 Å². The van der Waals surface area contributed by atoms with Crippen molar-refractivity contribution >= 4 is 47.4 Å². The Morgan fingerprint density at radius 3 is 2.65 bits per heavy atom. The molecule has 1 unspecified atom stereocenters. The Hall–Kier alpha value is -0.930. The number of H-pyrrole nitrogens is 1. The summed E-state index contributed by atoms with van der Waals surface area (Å²) in [5.74, 6) is 0. The smallest absolute Gasteiger partial charge is 0.318 e. The Bertz CT molecular complexity index is 668. The molecule has 0 aliphatic heterocycles. The van der Waals surface area contributed by atoms with Gasteiger partial charge in [-0.15, -0.1) is 4.52 Å². The van der Waals surface area contributed by atoms with Crippen LogP contribution in [0.3, 0.4) is 0 Å². The van der Waals surface area contributed by atoms with E-state index in [-0.39, 0.29) is 5.30 Å². The molecular weight excluding hydrogens is 284 g/mol. The van der Waals surface area contributed by atoms with Gasteiger partial charge >= 0.3 is 13.6 Å². The van der Waals surface area contributed by atoms with E-state index in [0.29, 0.717) is 20.9 Å². The second-order valence-electron chi connectivity index (χ2n) is 3.27. The maximum absolute atomic E-state index is 11.7. The number of benzene rings is 1. The monoisotopic (exact) mass is 290 g/mol. The fourth-order valence-corrected chi connectivity index (χ4v) is 2.66. The van der Waals surface area contributed by atoms with Gasteiger partial charge in [-0.2, -0.15) is 0 Å². The zero-order valence-corrected chi connectivity index (χ0v) is 11.1. The highest BCUT2D eigenvalue weighted by atomic mass is 35.5. The first-order valence-electron chi connectivity index (χ1n) is 4.56. The lowest BCUT2D eigenvalue weighted by molar-refractivity contribution is 0.423. The number of hydrogen-bond acceptors (Lipinski definition) is 3. The molecule has 7 heteroatoms. The predicted molar refractivity (Wildman–Crippen MR) is 68.8 cm³/mol. The molecule has 1 aromatic heterocycles. The Balaban J connectivity index is 2.81. The third-order valence-electron chi connectivity index (χ3n) is 2.22. The summed E-state index contributed by atoms with van der Waals surface area (Å²) in [6.45, 7) is 0. The number of hydrogen-bond donors (Lipinski definition) is 1. The van der Waals surface area contributed by atoms with Gasteiger partial charge in [0.15, 0.2) is 0 Å². The van der Waals surface area contributed by atoms with Crippen LogP contribution in [0.4, 0.5) is 0 Å². The standard InChI is InChI=1S/C10H6Cl2NO3P/c1-16-17(15)9-4-6-7(12)2-5(11)3-8(6)13-10(9)14/h2-4H,1H3/p+1. The van der Waals surface area contributed by atoms with Gasteiger partial charge in [0.25, 0.3) is 5.30 Å². The molecule has 0 amide bonds. The normalized spacial score (nSPS) is 11.8. The van der Waals surface area contributed by atoms with Crippen LogP contribution in [-0.4, -0.2) is 12.1 Å². The summed E-state index contributed by atoms with van der Waals surface area (Å²) < 4.78 is 16.1. The number of rotatable bonds is 2. The molecule has 0 bridgehead atoms. The van der Waals surface area contributed by atoms with Crippen molar-refractivity contribution in [2.75, 3.05) is 7.11 Å². The molecule has 2 aromatic rings. The molecule has 1 N–H and O–H groups in total. The van der Waals surface area contributed by atoms with Crippen molar-refractivity contribution in [3.05, 3.63) is 38.6 Å². The minimum Gasteiger partial charge on any atom is -0.318 e. The zero-order chi connectivity index (χ0) is 12.6. The molecule has 0 radical (unpaired) electrons. The van der Waals surface area contributed by atoms with E-state index in [1.54, 1.807) is 12.1 Å². The minimum absolute atomic E-state index is 0.0548. The third-order valence-corrected chi connectivity index (χ3v) is 3.81. The van der Waals surface area contributed by atoms with Crippen molar-refractivity contribution < 1.29 is 9.09 Å². The highest BCUT2D eigenvalue weighted by Gasteiger charge is 2.25. The quantitative estimate of drug-likeness (QED) is 0.865. The Morgan fingerprint density at radius 2 is 2.00 bits per heavy atom. The maximum Gasteiger partial charge on any atom is 0.554 e. The van der Waals surface area contributed by atoms with Gasteiger partial charge in [-0.1, -0.05) is 23.2 Å². The fraction of sp³-hybridized carbons (Fsp3) is 0.100. The molecule has 1 heterocycles. The van der Waals surface area contributed by atoms with Crippen molar-refractivity contribution in [2.24, 2.45) is 0 Å². The number of pyridine rings is 1. The summed E-state index contributed by atoms with van der Waals surface area (Å²) in [5, 5.41) is 1.43. The van der Waals surface area contributed by atoms with E-state index in [1.807, 2.05) is 0 Å². The van der Waals surface area contributed by atoms with Crippen LogP contribution in [-0.2, 0) is 9.09 Å². The van der Waals surface area contributed by atoms with Gasteiger partial charge in [-0.3, -0.25) is 4.79 Å². The van der Waals surface area contributed by atoms with Gasteiger partial charge in [-0.05, 0) is 16.7 Å². The van der Waals surface area contributed by atoms with Crippen LogP contribution in [0, 0.1) is 0 Å². The van der Waals surface area contributed by atoms with Crippen molar-refractivity contribution in [3.63, 3.8) is 0 Å². The molecule has 1 atom stereocenters. The van der Waals surface area contributed by atoms with Crippen LogP contribution >= 0.6 is 31.2 Å². The number of aromatic amines is 1. The first-order valence-corrected chi connectivity index (χ1v) is 6.49. The average Bonchev–Trinajstić information content (AvgIpc) is 2.27. The largest absolute Gasteiger partial charge is 0.554 e. The average molecular weight is 291 g/mol. The van der Waals surface area contributed by atoms with Gasteiger partial charge in [0.1, 0.15) is 0 Å². The predicted octanol–water partition coefficient (Wildman–Crippen LogP) is 2.85. The molecule has 0 saturated carbocycles. The molecule has 17 heavy (non-hydrogen) atoms. The number of aromatic nitrogens is 1. The van der Waals surface area contributed by atoms with Crippen molar-refractivity contribution in [1.29, 1.82) is 0 Å². The van der Waals surface area contributed by atoms with Gasteiger partial charge in [0.05, 0.1) is 17.6 Å². The van der Waals surface area contributed by atoms with Crippen LogP contribution in [0.1, 0.15) is 0 Å². The summed E-state index contributed by atoms with van der Waals surface area (Å²) in [6.07, 6.45) is 0. The topological polar surface area (TPSA) is 59.2 Å². The molecule has 1 aromatic carbocycles. The SMILES string of the molecule is CO[P+](=O)c1cc2c(Cl)cc(Cl)cc2[nH]c1=O. The van der Waals surface area contributed by atoms with E-state index >= 15 is 0 Å². The van der Waals surface area contributed by atoms with Crippen molar-refractivity contribution in [3.8, 4) is 0 Å². The van der Waals surface area contributed by atoms with E-state index < -0.39 is 13.6 Å². The summed E-state index contributed by atoms with van der Waals surface area (Å²) in [4.78, 5) is 14.2. The van der Waals surface area contributed by atoms with E-state index in [4.69, 9.17) is 23.2 Å². The minimum atomic E-state index is -2.17. The Kier molecular flexibility index (Phi) is 3.50. The second kappa shape index (κ2) is 4.75. The molecule has 0 saturated heterocycles. The van der Waals surface area contributed by atoms with Crippen LogP contribution in [0.15, 0.2) is 23.0 Å². The third kappa shape index (κ3) is 2.35. The van der Waals surface area contributed by atoms with Crippen molar-refractivity contribution in [2.45, 2.75) is 0 Å². The van der Waals surface area contributed by atoms with E-state index in [1.165, 1.54) is 13.2 Å². The lowest BCUT2D eigenvalue weighted by Crippen LogP contribution is -2.23. The van der Waals surface area contributed by atoms with E-state index in [9.17, 15) is 9.36 Å². The lowest BCUT2D eigenvalue weighted by Gasteiger charge is -2.00. The van der Waals surface area contributed by atoms with Crippen LogP contribution in [0.5, 0.6) is 0 Å². The molecule has 0 aliphatic rings. The number of nitrogens with one attached hydrogen (secondary N) is 1. The Labute approximate surface area is 107 Å². The highest BCUT2D eigenvalue weighted by Crippen LogP contribution is 2.27. The van der Waals surface area contributed by atoms with Gasteiger partial charge in [0.2, 0.25) is 0 Å². The lowest BCUT2D eigenvalue weighted by atomic mass is 10.2. The molecule has 4 nitrogen and oxygen atoms in total. The van der Waals surface area contributed by atoms with E-state index in [0.717, 1.165) is 0 Å². The first-order chi connectivity index (χ1) is 8.02. The summed E-state index contributed by atoms with van der Waals surface area (Å²) >= 11 is 11.8. The Morgan fingerprint density at radius 1 is 1.29 bits per heavy atom. The van der Waals surface area contributed by atoms with Crippen LogP contribution in [0.2, 0.25) is 10.0 Å². The molecule has 2 rings (SSSR count). The van der Waals surface area contributed by atoms with Gasteiger partial charge < -0.3 is 4.98 Å². The summed E-state index contributed by atoms with van der Waals surface area (Å²) in [7, 11) is -0.903. The van der Waals surface area contributed by atoms with Crippen LogP contribution < -0.4 is 10.9 Å². The highest BCUT2D eigenvalue weighted by molar-refractivity contribution is 7.48. The molecule has 0 spiro atoms. The zero-order valence-electron chi connectivity index (χ0n) is 8.66. The summed E-state index contributed by atoms with van der Waals surface area (Å²) in [6, 6.07) is 4.58. The second-order valence-corrected chi connectivity index (χ2v) is 5.48. The first kappa shape index (κ1) is 12.5.